The Kier molecular flexibility index (Phi) is 11.5. The van der Waals surface area contributed by atoms with Gasteiger partial charge in [-0.05, 0) is 35.6 Å². The summed E-state index contributed by atoms with van der Waals surface area (Å²) in [6, 6.07) is 7.60. The average Bonchev–Trinajstić information content (AvgIpc) is 3.82. The fourth-order valence-electron chi connectivity index (χ4n) is 6.10. The fourth-order valence-corrected chi connectivity index (χ4v) is 8.92. The van der Waals surface area contributed by atoms with Crippen molar-refractivity contribution in [3.63, 3.8) is 0 Å². The van der Waals surface area contributed by atoms with Crippen LogP contribution < -0.4 is 20.4 Å². The monoisotopic (exact) mass is 745 g/mol. The molecule has 14 nitrogen and oxygen atoms in total. The van der Waals surface area contributed by atoms with E-state index in [2.05, 4.69) is 35.6 Å². The maximum Gasteiger partial charge on any atom is 0.227 e. The van der Waals surface area contributed by atoms with E-state index in [0.29, 0.717) is 51.7 Å². The molecule has 0 amide bonds. The van der Waals surface area contributed by atoms with Crippen LogP contribution >= 0.6 is 11.6 Å². The maximum absolute atomic E-state index is 12.6. The second kappa shape index (κ2) is 15.8. The minimum atomic E-state index is -1.11. The molecular formula is C33H44ClN9O5S2. The predicted octanol–water partition coefficient (Wildman–Crippen LogP) is 3.26. The zero-order valence-corrected chi connectivity index (χ0v) is 31.0. The van der Waals surface area contributed by atoms with Gasteiger partial charge < -0.3 is 35.2 Å². The van der Waals surface area contributed by atoms with E-state index >= 15 is 0 Å². The van der Waals surface area contributed by atoms with Crippen molar-refractivity contribution < 1.29 is 23.2 Å². The highest BCUT2D eigenvalue weighted by molar-refractivity contribution is 7.85. The molecule has 3 aliphatic rings. The summed E-state index contributed by atoms with van der Waals surface area (Å²) in [7, 11) is -2.19. The number of piperazine rings is 1. The summed E-state index contributed by atoms with van der Waals surface area (Å²) in [5.74, 6) is 4.18. The molecule has 50 heavy (non-hydrogen) atoms. The number of hydrogen-bond acceptors (Lipinski definition) is 14. The molecular weight excluding hydrogens is 702 g/mol. The van der Waals surface area contributed by atoms with Crippen molar-refractivity contribution in [2.75, 3.05) is 71.3 Å². The Labute approximate surface area is 301 Å². The van der Waals surface area contributed by atoms with E-state index in [1.807, 2.05) is 52.0 Å². The van der Waals surface area contributed by atoms with E-state index in [4.69, 9.17) is 26.1 Å². The first-order valence-electron chi connectivity index (χ1n) is 16.9. The average molecular weight is 746 g/mol. The Balaban J connectivity index is 0.000000204. The number of aliphatic hydroxyl groups is 2. The number of aliphatic hydroxyl groups excluding tert-OH is 2. The molecule has 3 aromatic heterocycles. The number of nitrogens with zero attached hydrogens (tertiary/aromatic N) is 7. The van der Waals surface area contributed by atoms with Crippen molar-refractivity contribution in [2.24, 2.45) is 11.8 Å². The van der Waals surface area contributed by atoms with Crippen molar-refractivity contribution in [3.05, 3.63) is 40.9 Å². The van der Waals surface area contributed by atoms with Crippen LogP contribution in [0.2, 0.25) is 5.28 Å². The molecule has 0 aliphatic carbocycles. The number of para-hydroxylation sites is 1. The van der Waals surface area contributed by atoms with Gasteiger partial charge in [0.1, 0.15) is 21.4 Å². The lowest BCUT2D eigenvalue weighted by atomic mass is 10.1. The summed E-state index contributed by atoms with van der Waals surface area (Å²) in [4.78, 5) is 23.5. The number of benzene rings is 1. The van der Waals surface area contributed by atoms with Gasteiger partial charge in [0.15, 0.2) is 11.4 Å². The van der Waals surface area contributed by atoms with Crippen LogP contribution in [-0.4, -0.2) is 107 Å². The molecule has 0 spiro atoms. The van der Waals surface area contributed by atoms with Crippen LogP contribution in [0.1, 0.15) is 39.1 Å². The van der Waals surface area contributed by atoms with Crippen LogP contribution in [0.5, 0.6) is 0 Å². The van der Waals surface area contributed by atoms with Gasteiger partial charge in [0.2, 0.25) is 11.2 Å². The second-order valence-corrected chi connectivity index (χ2v) is 16.5. The molecule has 4 atom stereocenters. The van der Waals surface area contributed by atoms with Crippen LogP contribution in [0, 0.1) is 11.8 Å². The Morgan fingerprint density at radius 1 is 0.800 bits per heavy atom. The summed E-state index contributed by atoms with van der Waals surface area (Å²) < 4.78 is 30.0. The molecule has 1 fully saturated rings. The molecule has 0 saturated carbocycles. The quantitative estimate of drug-likeness (QED) is 0.174. The number of fused-ring (bicyclic) bond motifs is 3. The Hall–Kier alpha value is -3.44. The van der Waals surface area contributed by atoms with Crippen LogP contribution in [-0.2, 0) is 34.4 Å². The lowest BCUT2D eigenvalue weighted by Gasteiger charge is -2.35. The molecule has 1 saturated heterocycles. The first kappa shape index (κ1) is 36.4. The molecule has 2 unspecified atom stereocenters. The second-order valence-electron chi connectivity index (χ2n) is 13.2. The van der Waals surface area contributed by atoms with Gasteiger partial charge in [-0.3, -0.25) is 8.42 Å². The summed E-state index contributed by atoms with van der Waals surface area (Å²) in [5, 5.41) is 31.0. The highest BCUT2D eigenvalue weighted by Crippen LogP contribution is 2.33. The molecule has 4 N–H and O–H groups in total. The Bertz CT molecular complexity index is 1870. The maximum atomic E-state index is 12.6. The van der Waals surface area contributed by atoms with Gasteiger partial charge in [0.25, 0.3) is 0 Å². The van der Waals surface area contributed by atoms with Gasteiger partial charge in [-0.1, -0.05) is 45.0 Å². The lowest BCUT2D eigenvalue weighted by molar-refractivity contribution is 0.248. The number of hydrogen-bond donors (Lipinski definition) is 4. The molecule has 17 heteroatoms. The third-order valence-corrected chi connectivity index (χ3v) is 12.3. The third kappa shape index (κ3) is 7.73. The topological polar surface area (TPSA) is 183 Å². The van der Waals surface area contributed by atoms with E-state index in [1.165, 1.54) is 0 Å². The third-order valence-electron chi connectivity index (χ3n) is 9.20. The van der Waals surface area contributed by atoms with Gasteiger partial charge in [0.05, 0.1) is 63.7 Å². The van der Waals surface area contributed by atoms with E-state index in [-0.39, 0.29) is 42.4 Å². The molecule has 0 radical (unpaired) electrons. The smallest absolute Gasteiger partial charge is 0.227 e. The van der Waals surface area contributed by atoms with E-state index < -0.39 is 21.6 Å². The van der Waals surface area contributed by atoms with Gasteiger partial charge in [0, 0.05) is 50.5 Å². The van der Waals surface area contributed by atoms with Crippen LogP contribution in [0.3, 0.4) is 0 Å². The summed E-state index contributed by atoms with van der Waals surface area (Å²) >= 11 is 5.86. The van der Waals surface area contributed by atoms with E-state index in [1.54, 1.807) is 0 Å². The molecule has 270 valence electrons. The minimum absolute atomic E-state index is 0.0112. The molecule has 3 aliphatic heterocycles. The molecule has 1 aromatic carbocycles. The number of aryl methyl sites for hydroxylation is 2. The van der Waals surface area contributed by atoms with Crippen molar-refractivity contribution in [3.8, 4) is 0 Å². The number of halogens is 1. The first-order valence-corrected chi connectivity index (χ1v) is 19.9. The molecule has 7 rings (SSSR count). The van der Waals surface area contributed by atoms with Crippen molar-refractivity contribution >= 4 is 67.6 Å². The SMILES string of the molecule is CC(C)[C@H](CO)Nc1nc(Cl)nc2c1S(=O)CC2.CC(C)[C@H](CO)Nc1nc(N2CCN(c3noc4ccccc34)CC2)nc2c1S(=O)CC2. The van der Waals surface area contributed by atoms with Crippen LogP contribution in [0.25, 0.3) is 11.0 Å². The summed E-state index contributed by atoms with van der Waals surface area (Å²) in [6.45, 7) is 11.1. The van der Waals surface area contributed by atoms with Crippen molar-refractivity contribution in [1.82, 2.24) is 25.1 Å². The molecule has 0 bridgehead atoms. The van der Waals surface area contributed by atoms with Gasteiger partial charge in [-0.2, -0.15) is 9.97 Å². The van der Waals surface area contributed by atoms with Gasteiger partial charge in [-0.25, -0.2) is 9.97 Å². The molecule has 6 heterocycles. The van der Waals surface area contributed by atoms with Crippen LogP contribution in [0.15, 0.2) is 38.6 Å². The standard InChI is InChI=1S/C22H28N6O3S.C11H16ClN3O2S/c1-14(2)17(13-29)23-20-19-16(7-12-32(19)30)24-22(25-20)28-10-8-27(9-11-28)21-15-5-3-4-6-18(15)31-26-21;1-6(2)8(5-16)13-10-9-7(3-4-18(9)17)14-11(12)15-10/h3-6,14,17,29H,7-13H2,1-2H3,(H,23,24,25);6,8,16H,3-5H2,1-2H3,(H,13,14,15)/t17-,32?;8-,18?/m00/s1. The first-order chi connectivity index (χ1) is 24.1. The highest BCUT2D eigenvalue weighted by Gasteiger charge is 2.31. The number of aromatic nitrogens is 5. The largest absolute Gasteiger partial charge is 0.394 e. The zero-order chi connectivity index (χ0) is 35.5. The number of anilines is 4. The van der Waals surface area contributed by atoms with Crippen LogP contribution in [0.4, 0.5) is 23.4 Å². The Morgan fingerprint density at radius 2 is 1.34 bits per heavy atom. The predicted molar refractivity (Wildman–Crippen MR) is 196 cm³/mol. The Morgan fingerprint density at radius 3 is 1.92 bits per heavy atom. The lowest BCUT2D eigenvalue weighted by Crippen LogP contribution is -2.47. The minimum Gasteiger partial charge on any atom is -0.394 e. The van der Waals surface area contributed by atoms with Crippen molar-refractivity contribution in [2.45, 2.75) is 62.4 Å². The van der Waals surface area contributed by atoms with Gasteiger partial charge >= 0.3 is 0 Å². The number of nitrogens with one attached hydrogen (secondary N) is 2. The molecule has 4 aromatic rings. The highest BCUT2D eigenvalue weighted by atomic mass is 35.5. The summed E-state index contributed by atoms with van der Waals surface area (Å²) in [6.07, 6.45) is 1.34. The van der Waals surface area contributed by atoms with E-state index in [9.17, 15) is 18.6 Å². The number of rotatable bonds is 10. The van der Waals surface area contributed by atoms with Gasteiger partial charge in [-0.15, -0.1) is 0 Å². The van der Waals surface area contributed by atoms with E-state index in [0.717, 1.165) is 54.4 Å². The fraction of sp³-hybridized carbons (Fsp3) is 0.545. The zero-order valence-electron chi connectivity index (χ0n) is 28.6. The summed E-state index contributed by atoms with van der Waals surface area (Å²) in [5.41, 5.74) is 2.39. The van der Waals surface area contributed by atoms with Crippen molar-refractivity contribution in [1.29, 1.82) is 0 Å². The normalized spacial score (nSPS) is 19.7.